The molecule has 43 heavy (non-hydrogen) atoms. The molecule has 3 aromatic rings. The molecule has 2 saturated heterocycles. The van der Waals surface area contributed by atoms with Crippen molar-refractivity contribution in [1.82, 2.24) is 24.8 Å². The second kappa shape index (κ2) is 13.4. The minimum atomic E-state index is -0.582. The van der Waals surface area contributed by atoms with Crippen LogP contribution in [0.1, 0.15) is 66.1 Å². The molecule has 2 atom stereocenters. The van der Waals surface area contributed by atoms with Crippen LogP contribution < -0.4 is 5.73 Å². The number of nitrogens with two attached hydrogens (primary N) is 1. The first-order valence-corrected chi connectivity index (χ1v) is 17.1. The number of pyridine rings is 1. The van der Waals surface area contributed by atoms with E-state index in [0.29, 0.717) is 37.8 Å². The number of rotatable bonds is 6. The van der Waals surface area contributed by atoms with Gasteiger partial charge in [-0.3, -0.25) is 14.6 Å². The van der Waals surface area contributed by atoms with Gasteiger partial charge in [0.05, 0.1) is 18.1 Å². The number of nitrogens with zero attached hydrogens (tertiary/aromatic N) is 4. The molecule has 2 amide bonds. The zero-order valence-electron chi connectivity index (χ0n) is 24.1. The lowest BCUT2D eigenvalue weighted by Gasteiger charge is -2.38. The van der Waals surface area contributed by atoms with Gasteiger partial charge in [0, 0.05) is 77.0 Å². The predicted octanol–water partition coefficient (Wildman–Crippen LogP) is 5.65. The van der Waals surface area contributed by atoms with Gasteiger partial charge in [-0.15, -0.1) is 0 Å². The predicted molar refractivity (Wildman–Crippen MR) is 174 cm³/mol. The van der Waals surface area contributed by atoms with Gasteiger partial charge in [0.15, 0.2) is 0 Å². The molecule has 0 saturated carbocycles. The number of piperidine rings is 2. The molecule has 2 aliphatic heterocycles. The number of fused-ring (bicyclic) bond motifs is 2. The van der Waals surface area contributed by atoms with Gasteiger partial charge in [-0.1, -0.05) is 27.5 Å². The number of likely N-dealkylation sites (tertiary alicyclic amines) is 2. The first-order valence-electron chi connectivity index (χ1n) is 15.2. The van der Waals surface area contributed by atoms with Gasteiger partial charge in [-0.05, 0) is 101 Å². The third kappa shape index (κ3) is 6.87. The Morgan fingerprint density at radius 2 is 1.72 bits per heavy atom. The average Bonchev–Trinajstić information content (AvgIpc) is 3.45. The Morgan fingerprint density at radius 3 is 2.44 bits per heavy atom. The number of imidazole rings is 1. The number of hydrogen-bond donors (Lipinski definition) is 2. The first kappa shape index (κ1) is 30.7. The molecule has 0 bridgehead atoms. The highest BCUT2D eigenvalue weighted by molar-refractivity contribution is 9.10. The highest BCUT2D eigenvalue weighted by Gasteiger charge is 2.37. The molecule has 1 aromatic carbocycles. The summed E-state index contributed by atoms with van der Waals surface area (Å²) in [4.78, 5) is 42.1. The van der Waals surface area contributed by atoms with Crippen molar-refractivity contribution in [3.63, 3.8) is 0 Å². The van der Waals surface area contributed by atoms with Gasteiger partial charge >= 0.3 is 0 Å². The quantitative estimate of drug-likeness (QED) is 0.341. The molecule has 8 nitrogen and oxygen atoms in total. The highest BCUT2D eigenvalue weighted by Crippen LogP contribution is 2.46. The maximum Gasteiger partial charge on any atom is 0.239 e. The molecular weight excluding hydrogens is 696 g/mol. The highest BCUT2D eigenvalue weighted by atomic mass is 79.9. The molecule has 3 aliphatic rings. The number of carbonyl (C=O) groups is 2. The summed E-state index contributed by atoms with van der Waals surface area (Å²) in [7, 11) is 0. The van der Waals surface area contributed by atoms with Gasteiger partial charge in [0.25, 0.3) is 0 Å². The fourth-order valence-electron chi connectivity index (χ4n) is 7.20. The third-order valence-corrected chi connectivity index (χ3v) is 10.8. The topological polar surface area (TPSA) is 108 Å². The van der Waals surface area contributed by atoms with Crippen LogP contribution in [0.5, 0.6) is 0 Å². The summed E-state index contributed by atoms with van der Waals surface area (Å²) in [6, 6.07) is 5.74. The van der Waals surface area contributed by atoms with Crippen LogP contribution in [0.15, 0.2) is 45.9 Å². The second-order valence-corrected chi connectivity index (χ2v) is 14.4. The molecular formula is C32H37Br2ClN6O2. The number of nitrogens with one attached hydrogen (secondary N) is 1. The maximum absolute atomic E-state index is 13.4. The number of aryl methyl sites for hydroxylation is 2. The normalized spacial score (nSPS) is 20.3. The largest absolute Gasteiger partial charge is 0.348 e. The second-order valence-electron chi connectivity index (χ2n) is 12.2. The Balaban J connectivity index is 1.06. The molecule has 11 heteroatoms. The van der Waals surface area contributed by atoms with Crippen LogP contribution in [0.4, 0.5) is 0 Å². The summed E-state index contributed by atoms with van der Waals surface area (Å²) in [5.74, 6) is 1.04. The van der Waals surface area contributed by atoms with Gasteiger partial charge in [0.2, 0.25) is 11.8 Å². The van der Waals surface area contributed by atoms with Crippen molar-refractivity contribution in [2.45, 2.75) is 63.3 Å². The zero-order valence-corrected chi connectivity index (χ0v) is 28.0. The minimum Gasteiger partial charge on any atom is -0.348 e. The third-order valence-electron chi connectivity index (χ3n) is 9.48. The molecule has 6 rings (SSSR count). The van der Waals surface area contributed by atoms with Gasteiger partial charge in [-0.2, -0.15) is 0 Å². The number of H-pyrrole nitrogens is 1. The van der Waals surface area contributed by atoms with Crippen molar-refractivity contribution >= 4 is 55.3 Å². The van der Waals surface area contributed by atoms with E-state index in [2.05, 4.69) is 58.9 Å². The van der Waals surface area contributed by atoms with E-state index < -0.39 is 6.04 Å². The van der Waals surface area contributed by atoms with E-state index in [0.717, 1.165) is 77.0 Å². The molecule has 3 N–H and O–H groups in total. The maximum atomic E-state index is 13.4. The Bertz CT molecular complexity index is 1470. The minimum absolute atomic E-state index is 0.0288. The Labute approximate surface area is 274 Å². The van der Waals surface area contributed by atoms with Crippen LogP contribution in [-0.4, -0.2) is 68.8 Å². The van der Waals surface area contributed by atoms with E-state index in [9.17, 15) is 9.59 Å². The average molecular weight is 733 g/mol. The molecule has 0 unspecified atom stereocenters. The molecule has 2 aromatic heterocycles. The molecule has 228 valence electrons. The standard InChI is InChI=1S/C32H37Br2ClN6O2/c33-23-12-22-2-1-21-13-24(35)14-26(34)29(21)30(31(22)38-16-23)20-5-9-40(10-6-20)28(42)11-19-3-7-41(8-4-19)32(43)27(36)15-25-17-37-18-39-25/h12-14,16-20,27,30H,1-11,15,36H2,(H,37,39)/t27-,30+/m0/s1. The Morgan fingerprint density at radius 1 is 1.00 bits per heavy atom. The number of hydrogen-bond acceptors (Lipinski definition) is 5. The lowest BCUT2D eigenvalue weighted by molar-refractivity contribution is -0.135. The van der Waals surface area contributed by atoms with Crippen molar-refractivity contribution in [3.05, 3.63) is 79.0 Å². The zero-order chi connectivity index (χ0) is 30.1. The molecule has 0 radical (unpaired) electrons. The summed E-state index contributed by atoms with van der Waals surface area (Å²) in [6.45, 7) is 2.81. The van der Waals surface area contributed by atoms with E-state index in [4.69, 9.17) is 22.3 Å². The van der Waals surface area contributed by atoms with Crippen molar-refractivity contribution < 1.29 is 9.59 Å². The van der Waals surface area contributed by atoms with Crippen molar-refractivity contribution in [2.24, 2.45) is 17.6 Å². The van der Waals surface area contributed by atoms with Crippen LogP contribution in [0.25, 0.3) is 0 Å². The fraction of sp³-hybridized carbons (Fsp3) is 0.500. The fourth-order valence-corrected chi connectivity index (χ4v) is 8.70. The van der Waals surface area contributed by atoms with Crippen LogP contribution in [-0.2, 0) is 28.9 Å². The van der Waals surface area contributed by atoms with Crippen molar-refractivity contribution in [2.75, 3.05) is 26.2 Å². The van der Waals surface area contributed by atoms with Crippen LogP contribution in [0.3, 0.4) is 0 Å². The van der Waals surface area contributed by atoms with Crippen molar-refractivity contribution in [1.29, 1.82) is 0 Å². The van der Waals surface area contributed by atoms with E-state index in [-0.39, 0.29) is 17.7 Å². The van der Waals surface area contributed by atoms with Gasteiger partial charge in [0.1, 0.15) is 0 Å². The van der Waals surface area contributed by atoms with Crippen LogP contribution in [0, 0.1) is 11.8 Å². The first-order chi connectivity index (χ1) is 20.8. The van der Waals surface area contributed by atoms with Crippen molar-refractivity contribution in [3.8, 4) is 0 Å². The SMILES string of the molecule is N[C@@H](Cc1cnc[nH]1)C(=O)N1CCC(CC(=O)N2CCC([C@H]3c4ncc(Br)cc4CCc4cc(Cl)cc(Br)c43)CC2)CC1. The van der Waals surface area contributed by atoms with E-state index in [1.807, 2.05) is 17.2 Å². The van der Waals surface area contributed by atoms with Crippen LogP contribution >= 0.6 is 43.5 Å². The molecule has 2 fully saturated rings. The van der Waals surface area contributed by atoms with Gasteiger partial charge in [-0.25, -0.2) is 4.98 Å². The van der Waals surface area contributed by atoms with E-state index in [1.165, 1.54) is 16.7 Å². The van der Waals surface area contributed by atoms with E-state index >= 15 is 0 Å². The summed E-state index contributed by atoms with van der Waals surface area (Å²) in [6.07, 6.45) is 11.6. The molecule has 4 heterocycles. The summed E-state index contributed by atoms with van der Waals surface area (Å²) in [5.41, 5.74) is 12.1. The summed E-state index contributed by atoms with van der Waals surface area (Å²) in [5, 5.41) is 0.747. The van der Waals surface area contributed by atoms with E-state index in [1.54, 1.807) is 12.5 Å². The lowest BCUT2D eigenvalue weighted by atomic mass is 9.76. The van der Waals surface area contributed by atoms with Crippen LogP contribution in [0.2, 0.25) is 5.02 Å². The monoisotopic (exact) mass is 730 g/mol. The Kier molecular flexibility index (Phi) is 9.57. The number of amides is 2. The molecule has 0 spiro atoms. The summed E-state index contributed by atoms with van der Waals surface area (Å²) >= 11 is 13.9. The summed E-state index contributed by atoms with van der Waals surface area (Å²) < 4.78 is 2.05. The smallest absolute Gasteiger partial charge is 0.239 e. The molecule has 1 aliphatic carbocycles. The Hall–Kier alpha value is -2.27. The number of benzene rings is 1. The lowest BCUT2D eigenvalue weighted by Crippen LogP contribution is -2.48. The van der Waals surface area contributed by atoms with Gasteiger partial charge < -0.3 is 20.5 Å². The number of aromatic nitrogens is 3. The number of aromatic amines is 1. The number of carbonyl (C=O) groups excluding carboxylic acids is 2. The number of halogens is 3.